The first-order valence-electron chi connectivity index (χ1n) is 7.28. The third-order valence-corrected chi connectivity index (χ3v) is 3.18. The Bertz CT molecular complexity index is 579. The van der Waals surface area contributed by atoms with E-state index in [1.807, 2.05) is 25.1 Å². The predicted octanol–water partition coefficient (Wildman–Crippen LogP) is 2.29. The van der Waals surface area contributed by atoms with Crippen molar-refractivity contribution in [1.82, 2.24) is 20.2 Å². The number of benzene rings is 1. The van der Waals surface area contributed by atoms with Crippen molar-refractivity contribution in [3.63, 3.8) is 0 Å². The van der Waals surface area contributed by atoms with Crippen LogP contribution in [0.1, 0.15) is 25.8 Å². The number of hydrogen-bond acceptors (Lipinski definition) is 5. The highest BCUT2D eigenvalue weighted by Crippen LogP contribution is 2.21. The third kappa shape index (κ3) is 4.26. The Kier molecular flexibility index (Phi) is 5.27. The summed E-state index contributed by atoms with van der Waals surface area (Å²) in [4.78, 5) is 0. The van der Waals surface area contributed by atoms with Crippen LogP contribution >= 0.6 is 0 Å². The van der Waals surface area contributed by atoms with Crippen molar-refractivity contribution >= 4 is 5.69 Å². The summed E-state index contributed by atoms with van der Waals surface area (Å²) in [6, 6.07) is 5.88. The molecule has 2 N–H and O–H groups in total. The van der Waals surface area contributed by atoms with Crippen molar-refractivity contribution in [3.8, 4) is 11.4 Å². The van der Waals surface area contributed by atoms with E-state index in [2.05, 4.69) is 29.4 Å². The smallest absolute Gasteiger partial charge is 0.182 e. The van der Waals surface area contributed by atoms with E-state index in [0.717, 1.165) is 42.2 Å². The van der Waals surface area contributed by atoms with E-state index in [1.165, 1.54) is 0 Å². The number of ether oxygens (including phenoxy) is 1. The van der Waals surface area contributed by atoms with Crippen molar-refractivity contribution in [2.24, 2.45) is 5.92 Å². The molecule has 0 bridgehead atoms. The van der Waals surface area contributed by atoms with Gasteiger partial charge in [-0.1, -0.05) is 26.0 Å². The lowest BCUT2D eigenvalue weighted by Crippen LogP contribution is -2.08. The highest BCUT2D eigenvalue weighted by molar-refractivity contribution is 5.63. The van der Waals surface area contributed by atoms with Crippen LogP contribution in [0, 0.1) is 12.8 Å². The number of rotatable bonds is 7. The second-order valence-corrected chi connectivity index (χ2v) is 5.62. The van der Waals surface area contributed by atoms with Gasteiger partial charge in [-0.05, 0) is 41.3 Å². The zero-order valence-electron chi connectivity index (χ0n) is 12.9. The molecule has 0 aliphatic rings. The lowest BCUT2D eigenvalue weighted by Gasteiger charge is -2.08. The summed E-state index contributed by atoms with van der Waals surface area (Å²) >= 11 is 0. The Morgan fingerprint density at radius 3 is 2.86 bits per heavy atom. The zero-order chi connectivity index (χ0) is 15.2. The summed E-state index contributed by atoms with van der Waals surface area (Å²) in [6.45, 7) is 8.50. The molecule has 0 fully saturated rings. The number of hydrogen-bond donors (Lipinski definition) is 1. The van der Waals surface area contributed by atoms with Gasteiger partial charge in [-0.25, -0.2) is 4.68 Å². The van der Waals surface area contributed by atoms with Gasteiger partial charge in [0.15, 0.2) is 5.82 Å². The number of anilines is 1. The van der Waals surface area contributed by atoms with E-state index in [0.29, 0.717) is 12.5 Å². The SMILES string of the molecule is Cc1ccc(-c2nnnn2CCCOCC(C)C)cc1N. The highest BCUT2D eigenvalue weighted by Gasteiger charge is 2.09. The maximum Gasteiger partial charge on any atom is 0.182 e. The van der Waals surface area contributed by atoms with Crippen LogP contribution in [0.3, 0.4) is 0 Å². The van der Waals surface area contributed by atoms with E-state index in [4.69, 9.17) is 10.5 Å². The molecule has 2 aromatic rings. The molecule has 0 saturated heterocycles. The number of aryl methyl sites for hydroxylation is 2. The molecule has 0 amide bonds. The van der Waals surface area contributed by atoms with E-state index in [-0.39, 0.29) is 0 Å². The van der Waals surface area contributed by atoms with Gasteiger partial charge in [-0.2, -0.15) is 0 Å². The standard InChI is InChI=1S/C15H23N5O/c1-11(2)10-21-8-4-7-20-15(17-18-19-20)13-6-5-12(3)14(16)9-13/h5-6,9,11H,4,7-8,10,16H2,1-3H3. The lowest BCUT2D eigenvalue weighted by atomic mass is 10.1. The van der Waals surface area contributed by atoms with Crippen molar-refractivity contribution in [1.29, 1.82) is 0 Å². The molecule has 0 aliphatic heterocycles. The minimum Gasteiger partial charge on any atom is -0.398 e. The van der Waals surface area contributed by atoms with Gasteiger partial charge in [-0.15, -0.1) is 5.10 Å². The largest absolute Gasteiger partial charge is 0.398 e. The average molecular weight is 289 g/mol. The molecule has 0 saturated carbocycles. The van der Waals surface area contributed by atoms with Crippen LogP contribution in [-0.2, 0) is 11.3 Å². The molecular weight excluding hydrogens is 266 g/mol. The Balaban J connectivity index is 1.96. The maximum absolute atomic E-state index is 5.95. The Morgan fingerprint density at radius 1 is 1.33 bits per heavy atom. The fraction of sp³-hybridized carbons (Fsp3) is 0.533. The summed E-state index contributed by atoms with van der Waals surface area (Å²) in [6.07, 6.45) is 0.881. The summed E-state index contributed by atoms with van der Waals surface area (Å²) in [7, 11) is 0. The van der Waals surface area contributed by atoms with Crippen molar-refractivity contribution < 1.29 is 4.74 Å². The fourth-order valence-corrected chi connectivity index (χ4v) is 1.98. The van der Waals surface area contributed by atoms with Gasteiger partial charge in [0.25, 0.3) is 0 Å². The molecule has 1 aromatic carbocycles. The van der Waals surface area contributed by atoms with Crippen molar-refractivity contribution in [2.45, 2.75) is 33.7 Å². The minimum atomic E-state index is 0.559. The second-order valence-electron chi connectivity index (χ2n) is 5.62. The maximum atomic E-state index is 5.95. The molecule has 1 aromatic heterocycles. The quantitative estimate of drug-likeness (QED) is 0.625. The average Bonchev–Trinajstić information content (AvgIpc) is 2.89. The topological polar surface area (TPSA) is 78.8 Å². The Hall–Kier alpha value is -1.95. The molecule has 6 heteroatoms. The molecule has 0 aliphatic carbocycles. The minimum absolute atomic E-state index is 0.559. The number of tetrazole rings is 1. The van der Waals surface area contributed by atoms with Gasteiger partial charge in [0.05, 0.1) is 0 Å². The van der Waals surface area contributed by atoms with Crippen LogP contribution < -0.4 is 5.73 Å². The first-order valence-corrected chi connectivity index (χ1v) is 7.28. The number of nitrogen functional groups attached to an aromatic ring is 1. The zero-order valence-corrected chi connectivity index (χ0v) is 12.9. The summed E-state index contributed by atoms with van der Waals surface area (Å²) in [5, 5.41) is 11.9. The number of aromatic nitrogens is 4. The molecule has 0 unspecified atom stereocenters. The first-order chi connectivity index (χ1) is 10.1. The van der Waals surface area contributed by atoms with E-state index >= 15 is 0 Å². The van der Waals surface area contributed by atoms with Gasteiger partial charge in [0.1, 0.15) is 0 Å². The van der Waals surface area contributed by atoms with Gasteiger partial charge < -0.3 is 10.5 Å². The van der Waals surface area contributed by atoms with Crippen LogP contribution in [-0.4, -0.2) is 33.4 Å². The normalized spacial score (nSPS) is 11.2. The molecule has 0 radical (unpaired) electrons. The van der Waals surface area contributed by atoms with Crippen LogP contribution in [0.4, 0.5) is 5.69 Å². The van der Waals surface area contributed by atoms with Crippen LogP contribution in [0.25, 0.3) is 11.4 Å². The van der Waals surface area contributed by atoms with Crippen LogP contribution in [0.5, 0.6) is 0 Å². The molecule has 21 heavy (non-hydrogen) atoms. The van der Waals surface area contributed by atoms with Gasteiger partial charge >= 0.3 is 0 Å². The second kappa shape index (κ2) is 7.17. The monoisotopic (exact) mass is 289 g/mol. The van der Waals surface area contributed by atoms with Crippen molar-refractivity contribution in [2.75, 3.05) is 18.9 Å². The van der Waals surface area contributed by atoms with E-state index in [9.17, 15) is 0 Å². The molecule has 114 valence electrons. The third-order valence-electron chi connectivity index (χ3n) is 3.18. The lowest BCUT2D eigenvalue weighted by molar-refractivity contribution is 0.105. The molecule has 6 nitrogen and oxygen atoms in total. The van der Waals surface area contributed by atoms with Crippen LogP contribution in [0.15, 0.2) is 18.2 Å². The summed E-state index contributed by atoms with van der Waals surface area (Å²) < 4.78 is 7.37. The fourth-order valence-electron chi connectivity index (χ4n) is 1.98. The summed E-state index contributed by atoms with van der Waals surface area (Å²) in [5.41, 5.74) is 8.69. The molecule has 2 rings (SSSR count). The first kappa shape index (κ1) is 15.4. The Morgan fingerprint density at radius 2 is 2.14 bits per heavy atom. The highest BCUT2D eigenvalue weighted by atomic mass is 16.5. The Labute approximate surface area is 125 Å². The molecule has 0 atom stereocenters. The van der Waals surface area contributed by atoms with Gasteiger partial charge in [0, 0.05) is 31.0 Å². The predicted molar refractivity (Wildman–Crippen MR) is 82.7 cm³/mol. The summed E-state index contributed by atoms with van der Waals surface area (Å²) in [5.74, 6) is 1.30. The van der Waals surface area contributed by atoms with E-state index in [1.54, 1.807) is 4.68 Å². The van der Waals surface area contributed by atoms with Crippen molar-refractivity contribution in [3.05, 3.63) is 23.8 Å². The molecule has 1 heterocycles. The van der Waals surface area contributed by atoms with E-state index < -0.39 is 0 Å². The number of nitrogens with two attached hydrogens (primary N) is 1. The molecule has 0 spiro atoms. The molecular formula is C15H23N5O. The van der Waals surface area contributed by atoms with Gasteiger partial charge in [-0.3, -0.25) is 0 Å². The van der Waals surface area contributed by atoms with Crippen LogP contribution in [0.2, 0.25) is 0 Å². The van der Waals surface area contributed by atoms with Gasteiger partial charge in [0.2, 0.25) is 0 Å². The number of nitrogens with zero attached hydrogens (tertiary/aromatic N) is 4.